The Kier molecular flexibility index (Phi) is 6.43. The minimum absolute atomic E-state index is 0.0140. The van der Waals surface area contributed by atoms with Crippen molar-refractivity contribution < 1.29 is 0 Å². The number of para-hydroxylation sites is 2. The fraction of sp³-hybridized carbons (Fsp3) is 0.412. The molecule has 3 heterocycles. The summed E-state index contributed by atoms with van der Waals surface area (Å²) in [6.45, 7) is 32.4. The van der Waals surface area contributed by atoms with Crippen LogP contribution in [0.2, 0.25) is 0 Å². The molecule has 2 aliphatic carbocycles. The minimum atomic E-state index is -0.203. The van der Waals surface area contributed by atoms with Gasteiger partial charge in [0.15, 0.2) is 0 Å². The van der Waals surface area contributed by atoms with Crippen molar-refractivity contribution in [1.82, 2.24) is 0 Å². The third kappa shape index (κ3) is 4.20. The highest BCUT2D eigenvalue weighted by Crippen LogP contribution is 2.61. The Morgan fingerprint density at radius 3 is 1.24 bits per heavy atom. The van der Waals surface area contributed by atoms with E-state index in [0.29, 0.717) is 0 Å². The largest absolute Gasteiger partial charge is 0.311 e. The molecule has 10 rings (SSSR count). The maximum absolute atomic E-state index is 2.72. The predicted molar refractivity (Wildman–Crippen MR) is 233 cm³/mol. The molecule has 274 valence electrons. The standard InChI is InChI=1S/C51H57BN2/c1-46(2,3)30-24-37-43-38(25-30)54(32-22-18-15-19-23-32)45-40-34(48(6,7)29-50(40,10)11)27-36-42(45)52(43)41-35(51(36,12)13)26-33-39(49(8,9)28-47(33,4)5)44(41)53(37)31-20-16-14-17-21-31/h14-27H,28-29H2,1-13H3. The topological polar surface area (TPSA) is 6.48 Å². The van der Waals surface area contributed by atoms with Gasteiger partial charge in [-0.3, -0.25) is 0 Å². The van der Waals surface area contributed by atoms with Gasteiger partial charge < -0.3 is 9.80 Å². The fourth-order valence-electron chi connectivity index (χ4n) is 12.7. The second kappa shape index (κ2) is 10.1. The average Bonchev–Trinajstić information content (AvgIpc) is 3.40. The molecule has 5 aromatic carbocycles. The third-order valence-electron chi connectivity index (χ3n) is 14.4. The predicted octanol–water partition coefficient (Wildman–Crippen LogP) is 11.6. The summed E-state index contributed by atoms with van der Waals surface area (Å²) in [6.07, 6.45) is 2.27. The summed E-state index contributed by atoms with van der Waals surface area (Å²) >= 11 is 0. The van der Waals surface area contributed by atoms with Crippen LogP contribution in [0.3, 0.4) is 0 Å². The van der Waals surface area contributed by atoms with E-state index >= 15 is 0 Å². The van der Waals surface area contributed by atoms with Crippen LogP contribution < -0.4 is 26.2 Å². The van der Waals surface area contributed by atoms with Crippen LogP contribution in [0.4, 0.5) is 34.1 Å². The molecule has 3 aliphatic heterocycles. The zero-order chi connectivity index (χ0) is 38.3. The van der Waals surface area contributed by atoms with Crippen LogP contribution >= 0.6 is 0 Å². The fourth-order valence-corrected chi connectivity index (χ4v) is 12.7. The van der Waals surface area contributed by atoms with Crippen molar-refractivity contribution in [3.63, 3.8) is 0 Å². The molecule has 5 aliphatic rings. The maximum Gasteiger partial charge on any atom is 0.252 e. The van der Waals surface area contributed by atoms with E-state index in [-0.39, 0.29) is 39.2 Å². The van der Waals surface area contributed by atoms with Gasteiger partial charge in [-0.1, -0.05) is 139 Å². The molecule has 0 bridgehead atoms. The summed E-state index contributed by atoms with van der Waals surface area (Å²) < 4.78 is 0. The van der Waals surface area contributed by atoms with Crippen molar-refractivity contribution in [3.05, 3.63) is 124 Å². The van der Waals surface area contributed by atoms with Crippen molar-refractivity contribution in [2.24, 2.45) is 0 Å². The second-order valence-electron chi connectivity index (χ2n) is 21.7. The van der Waals surface area contributed by atoms with Gasteiger partial charge in [-0.05, 0) is 132 Å². The third-order valence-corrected chi connectivity index (χ3v) is 14.4. The molecule has 0 aromatic heterocycles. The van der Waals surface area contributed by atoms with Crippen LogP contribution in [-0.4, -0.2) is 6.71 Å². The summed E-state index contributed by atoms with van der Waals surface area (Å²) in [4.78, 5) is 5.45. The lowest BCUT2D eigenvalue weighted by Gasteiger charge is -2.53. The molecule has 0 saturated heterocycles. The highest BCUT2D eigenvalue weighted by atomic mass is 15.2. The number of benzene rings is 5. The summed E-state index contributed by atoms with van der Waals surface area (Å²) in [5.74, 6) is 0. The van der Waals surface area contributed by atoms with Gasteiger partial charge in [-0.2, -0.15) is 0 Å². The van der Waals surface area contributed by atoms with Gasteiger partial charge in [-0.15, -0.1) is 0 Å². The van der Waals surface area contributed by atoms with E-state index in [0.717, 1.165) is 12.8 Å². The Balaban J connectivity index is 1.48. The molecule has 3 heteroatoms. The Morgan fingerprint density at radius 1 is 0.481 bits per heavy atom. The second-order valence-corrected chi connectivity index (χ2v) is 21.7. The van der Waals surface area contributed by atoms with Crippen LogP contribution in [0.25, 0.3) is 0 Å². The molecule has 0 spiro atoms. The minimum Gasteiger partial charge on any atom is -0.311 e. The highest BCUT2D eigenvalue weighted by molar-refractivity contribution is 7.01. The lowest BCUT2D eigenvalue weighted by Crippen LogP contribution is -2.68. The Hall–Kier alpha value is -4.24. The van der Waals surface area contributed by atoms with Crippen molar-refractivity contribution in [2.45, 2.75) is 135 Å². The first-order valence-electron chi connectivity index (χ1n) is 20.5. The number of anilines is 6. The number of rotatable bonds is 2. The van der Waals surface area contributed by atoms with Gasteiger partial charge in [0.05, 0.1) is 0 Å². The SMILES string of the molecule is CC(C)(C)c1cc2c3c(c1)N(c1ccccc1)c1c4c(cc5c1C(C)(C)CC5(C)C)C(C)(C)c1cc5c(c(c1B34)N2c1ccccc1)C(C)(C)CC5(C)C. The van der Waals surface area contributed by atoms with Gasteiger partial charge in [-0.25, -0.2) is 0 Å². The van der Waals surface area contributed by atoms with E-state index in [1.807, 2.05) is 0 Å². The molecule has 0 radical (unpaired) electrons. The Labute approximate surface area is 325 Å². The van der Waals surface area contributed by atoms with Crippen LogP contribution in [0.15, 0.2) is 84.9 Å². The average molecular weight is 709 g/mol. The monoisotopic (exact) mass is 708 g/mol. The normalized spacial score (nSPS) is 20.8. The van der Waals surface area contributed by atoms with Crippen molar-refractivity contribution in [3.8, 4) is 0 Å². The molecule has 2 nitrogen and oxygen atoms in total. The first kappa shape index (κ1) is 34.3. The van der Waals surface area contributed by atoms with E-state index in [9.17, 15) is 0 Å². The summed E-state index contributed by atoms with van der Waals surface area (Å²) in [5, 5.41) is 0. The molecule has 0 unspecified atom stereocenters. The molecular formula is C51H57BN2. The van der Waals surface area contributed by atoms with Gasteiger partial charge >= 0.3 is 0 Å². The zero-order valence-corrected chi connectivity index (χ0v) is 35.0. The van der Waals surface area contributed by atoms with Gasteiger partial charge in [0.1, 0.15) is 0 Å². The van der Waals surface area contributed by atoms with Crippen LogP contribution in [0.1, 0.15) is 142 Å². The lowest BCUT2D eigenvalue weighted by molar-refractivity contribution is 0.403. The van der Waals surface area contributed by atoms with Crippen molar-refractivity contribution in [1.29, 1.82) is 0 Å². The first-order chi connectivity index (χ1) is 25.2. The van der Waals surface area contributed by atoms with Gasteiger partial charge in [0.2, 0.25) is 0 Å². The molecule has 54 heavy (non-hydrogen) atoms. The Morgan fingerprint density at radius 2 is 0.870 bits per heavy atom. The quantitative estimate of drug-likeness (QED) is 0.165. The number of hydrogen-bond donors (Lipinski definition) is 0. The maximum atomic E-state index is 2.72. The molecule has 0 fully saturated rings. The van der Waals surface area contributed by atoms with E-state index in [1.54, 1.807) is 33.2 Å². The Bertz CT molecular complexity index is 2300. The summed E-state index contributed by atoms with van der Waals surface area (Å²) in [7, 11) is 0. The van der Waals surface area contributed by atoms with E-state index < -0.39 is 0 Å². The van der Waals surface area contributed by atoms with Crippen LogP contribution in [0.5, 0.6) is 0 Å². The molecule has 5 aromatic rings. The zero-order valence-electron chi connectivity index (χ0n) is 35.0. The molecule has 0 atom stereocenters. The highest BCUT2D eigenvalue weighted by Gasteiger charge is 2.58. The lowest BCUT2D eigenvalue weighted by atomic mass is 9.28. The van der Waals surface area contributed by atoms with Gasteiger partial charge in [0, 0.05) is 39.5 Å². The summed E-state index contributed by atoms with van der Waals surface area (Å²) in [5.41, 5.74) is 23.1. The molecule has 0 N–H and O–H groups in total. The first-order valence-corrected chi connectivity index (χ1v) is 20.5. The molecular weight excluding hydrogens is 651 g/mol. The van der Waals surface area contributed by atoms with Crippen molar-refractivity contribution >= 4 is 57.2 Å². The summed E-state index contributed by atoms with van der Waals surface area (Å²) in [6, 6.07) is 33.2. The number of fused-ring (bicyclic) bond motifs is 4. The number of hydrogen-bond acceptors (Lipinski definition) is 2. The van der Waals surface area contributed by atoms with E-state index in [1.165, 1.54) is 56.3 Å². The van der Waals surface area contributed by atoms with E-state index in [4.69, 9.17) is 0 Å². The molecule has 0 amide bonds. The molecule has 0 saturated carbocycles. The van der Waals surface area contributed by atoms with Crippen LogP contribution in [0, 0.1) is 0 Å². The smallest absolute Gasteiger partial charge is 0.252 e. The number of nitrogens with zero attached hydrogens (tertiary/aromatic N) is 2. The van der Waals surface area contributed by atoms with Crippen molar-refractivity contribution in [2.75, 3.05) is 9.80 Å². The van der Waals surface area contributed by atoms with E-state index in [2.05, 4.69) is 185 Å². The van der Waals surface area contributed by atoms with Crippen LogP contribution in [-0.2, 0) is 32.5 Å². The van der Waals surface area contributed by atoms with Gasteiger partial charge in [0.25, 0.3) is 6.71 Å².